The maximum Gasteiger partial charge on any atom is 0.152 e. The van der Waals surface area contributed by atoms with E-state index in [4.69, 9.17) is 4.74 Å². The van der Waals surface area contributed by atoms with Crippen LogP contribution in [0.1, 0.15) is 36.7 Å². The van der Waals surface area contributed by atoms with Gasteiger partial charge in [0.25, 0.3) is 0 Å². The molecule has 3 nitrogen and oxygen atoms in total. The Morgan fingerprint density at radius 1 is 1.12 bits per heavy atom. The van der Waals surface area contributed by atoms with Crippen LogP contribution >= 0.6 is 0 Å². The fraction of sp³-hybridized carbons (Fsp3) is 0.250. The lowest BCUT2D eigenvalue weighted by Gasteiger charge is -2.18. The van der Waals surface area contributed by atoms with Crippen LogP contribution in [0.3, 0.4) is 0 Å². The Kier molecular flexibility index (Phi) is 3.91. The lowest BCUT2D eigenvalue weighted by molar-refractivity contribution is 0.112. The number of carbonyl (C=O) groups excluding carboxylic acids is 1. The first-order valence-corrected chi connectivity index (χ1v) is 7.80. The molecule has 0 saturated carbocycles. The van der Waals surface area contributed by atoms with E-state index in [1.54, 1.807) is 6.07 Å². The van der Waals surface area contributed by atoms with E-state index in [1.807, 2.05) is 18.2 Å². The molecule has 0 amide bonds. The zero-order valence-electron chi connectivity index (χ0n) is 14.2. The Balaban J connectivity index is 2.30. The molecule has 0 bridgehead atoms. The molecule has 0 spiro atoms. The van der Waals surface area contributed by atoms with Gasteiger partial charge in [-0.3, -0.25) is 4.79 Å². The molecule has 4 heteroatoms. The molecule has 1 heterocycles. The van der Waals surface area contributed by atoms with Gasteiger partial charge >= 0.3 is 0 Å². The second kappa shape index (κ2) is 5.78. The molecule has 0 atom stereocenters. The zero-order chi connectivity index (χ0) is 17.5. The van der Waals surface area contributed by atoms with E-state index >= 15 is 0 Å². The molecule has 0 aliphatic carbocycles. The van der Waals surface area contributed by atoms with E-state index in [0.29, 0.717) is 22.6 Å². The molecular weight excluding hydrogens is 305 g/mol. The van der Waals surface area contributed by atoms with Gasteiger partial charge in [-0.2, -0.15) is 0 Å². The van der Waals surface area contributed by atoms with Crippen molar-refractivity contribution in [2.45, 2.75) is 26.2 Å². The largest absolute Gasteiger partial charge is 0.496 e. The third kappa shape index (κ3) is 2.68. The Morgan fingerprint density at radius 3 is 2.50 bits per heavy atom. The second-order valence-corrected chi connectivity index (χ2v) is 6.89. The van der Waals surface area contributed by atoms with Crippen molar-refractivity contribution in [2.24, 2.45) is 0 Å². The van der Waals surface area contributed by atoms with E-state index < -0.39 is 0 Å². The van der Waals surface area contributed by atoms with Crippen LogP contribution < -0.4 is 4.74 Å². The van der Waals surface area contributed by atoms with Gasteiger partial charge in [0.2, 0.25) is 0 Å². The molecule has 0 fully saturated rings. The monoisotopic (exact) mass is 325 g/mol. The van der Waals surface area contributed by atoms with Crippen LogP contribution in [0.5, 0.6) is 5.75 Å². The molecule has 0 unspecified atom stereocenters. The van der Waals surface area contributed by atoms with Gasteiger partial charge < -0.3 is 9.72 Å². The third-order valence-corrected chi connectivity index (χ3v) is 4.25. The molecule has 0 radical (unpaired) electrons. The number of methoxy groups -OCH3 is 1. The zero-order valence-corrected chi connectivity index (χ0v) is 14.2. The third-order valence-electron chi connectivity index (χ3n) is 4.25. The number of nitrogens with one attached hydrogen (secondary N) is 1. The molecule has 24 heavy (non-hydrogen) atoms. The summed E-state index contributed by atoms with van der Waals surface area (Å²) in [5, 5.41) is 0.832. The number of hydrogen-bond acceptors (Lipinski definition) is 2. The number of rotatable bonds is 3. The number of ether oxygens (including phenoxy) is 1. The molecule has 124 valence electrons. The molecular formula is C20H20FNO2. The fourth-order valence-corrected chi connectivity index (χ4v) is 2.89. The average molecular weight is 325 g/mol. The van der Waals surface area contributed by atoms with Crippen LogP contribution in [-0.4, -0.2) is 18.4 Å². The highest BCUT2D eigenvalue weighted by atomic mass is 19.1. The summed E-state index contributed by atoms with van der Waals surface area (Å²) in [6, 6.07) is 10.3. The van der Waals surface area contributed by atoms with E-state index in [2.05, 4.69) is 25.8 Å². The minimum Gasteiger partial charge on any atom is -0.496 e. The summed E-state index contributed by atoms with van der Waals surface area (Å²) < 4.78 is 19.0. The number of H-pyrrole nitrogens is 1. The lowest BCUT2D eigenvalue weighted by atomic mass is 9.86. The Bertz CT molecular complexity index is 919. The van der Waals surface area contributed by atoms with Crippen LogP contribution in [-0.2, 0) is 5.41 Å². The summed E-state index contributed by atoms with van der Waals surface area (Å²) in [4.78, 5) is 15.0. The Labute approximate surface area is 140 Å². The number of aromatic amines is 1. The van der Waals surface area contributed by atoms with Crippen LogP contribution in [0.15, 0.2) is 36.4 Å². The van der Waals surface area contributed by atoms with E-state index in [-0.39, 0.29) is 11.2 Å². The van der Waals surface area contributed by atoms with Crippen molar-refractivity contribution >= 4 is 17.2 Å². The van der Waals surface area contributed by atoms with Crippen molar-refractivity contribution in [3.05, 3.63) is 53.3 Å². The first-order chi connectivity index (χ1) is 11.3. The number of halogens is 1. The first kappa shape index (κ1) is 16.2. The predicted octanol–water partition coefficient (Wildman–Crippen LogP) is 5.09. The molecule has 0 saturated heterocycles. The number of aromatic nitrogens is 1. The lowest BCUT2D eigenvalue weighted by Crippen LogP contribution is -2.10. The highest BCUT2D eigenvalue weighted by Crippen LogP contribution is 2.36. The maximum absolute atomic E-state index is 13.7. The normalized spacial score (nSPS) is 11.7. The van der Waals surface area contributed by atoms with Crippen LogP contribution in [0.2, 0.25) is 0 Å². The van der Waals surface area contributed by atoms with Gasteiger partial charge in [0.15, 0.2) is 6.29 Å². The molecule has 0 aliphatic heterocycles. The van der Waals surface area contributed by atoms with Gasteiger partial charge in [0, 0.05) is 22.0 Å². The molecule has 0 aliphatic rings. The van der Waals surface area contributed by atoms with E-state index in [9.17, 15) is 9.18 Å². The number of aldehydes is 1. The average Bonchev–Trinajstić information content (AvgIpc) is 2.91. The molecule has 3 rings (SSSR count). The van der Waals surface area contributed by atoms with Gasteiger partial charge in [0.05, 0.1) is 12.8 Å². The van der Waals surface area contributed by atoms with Gasteiger partial charge in [-0.15, -0.1) is 0 Å². The molecule has 1 N–H and O–H groups in total. The minimum absolute atomic E-state index is 0.0255. The number of hydrogen-bond donors (Lipinski definition) is 1. The summed E-state index contributed by atoms with van der Waals surface area (Å²) in [6.07, 6.45) is 0.810. The molecule has 2 aromatic carbocycles. The van der Waals surface area contributed by atoms with Gasteiger partial charge in [-0.25, -0.2) is 4.39 Å². The van der Waals surface area contributed by atoms with Gasteiger partial charge in [-0.1, -0.05) is 26.8 Å². The SMILES string of the molecule is COc1ccc(F)cc1-c1[nH]c2ccc(C(C)(C)C)cc2c1C=O. The highest BCUT2D eigenvalue weighted by Gasteiger charge is 2.20. The van der Waals surface area contributed by atoms with Crippen molar-refractivity contribution in [2.75, 3.05) is 7.11 Å². The summed E-state index contributed by atoms with van der Waals surface area (Å²) >= 11 is 0. The van der Waals surface area contributed by atoms with Crippen molar-refractivity contribution < 1.29 is 13.9 Å². The van der Waals surface area contributed by atoms with Crippen LogP contribution in [0.4, 0.5) is 4.39 Å². The van der Waals surface area contributed by atoms with Crippen molar-refractivity contribution in [3.63, 3.8) is 0 Å². The second-order valence-electron chi connectivity index (χ2n) is 6.89. The topological polar surface area (TPSA) is 42.1 Å². The van der Waals surface area contributed by atoms with E-state index in [1.165, 1.54) is 19.2 Å². The van der Waals surface area contributed by atoms with E-state index in [0.717, 1.165) is 22.8 Å². The standard InChI is InChI=1S/C20H20FNO2/c1-20(2,3)12-5-7-17-14(9-12)16(11-23)19(22-17)15-10-13(21)6-8-18(15)24-4/h5-11,22H,1-4H3. The fourth-order valence-electron chi connectivity index (χ4n) is 2.89. The van der Waals surface area contributed by atoms with Crippen molar-refractivity contribution in [1.29, 1.82) is 0 Å². The summed E-state index contributed by atoms with van der Waals surface area (Å²) in [5.74, 6) is 0.138. The number of benzene rings is 2. The molecule has 1 aromatic heterocycles. The first-order valence-electron chi connectivity index (χ1n) is 7.80. The molecule has 3 aromatic rings. The summed E-state index contributed by atoms with van der Waals surface area (Å²) in [7, 11) is 1.53. The summed E-state index contributed by atoms with van der Waals surface area (Å²) in [6.45, 7) is 6.37. The Morgan fingerprint density at radius 2 is 1.88 bits per heavy atom. The quantitative estimate of drug-likeness (QED) is 0.681. The maximum atomic E-state index is 13.7. The van der Waals surface area contributed by atoms with Gasteiger partial charge in [-0.05, 0) is 41.3 Å². The Hall–Kier alpha value is -2.62. The van der Waals surface area contributed by atoms with Crippen molar-refractivity contribution in [3.8, 4) is 17.0 Å². The van der Waals surface area contributed by atoms with Gasteiger partial charge in [0.1, 0.15) is 11.6 Å². The van der Waals surface area contributed by atoms with Crippen molar-refractivity contribution in [1.82, 2.24) is 4.98 Å². The highest BCUT2D eigenvalue weighted by molar-refractivity contribution is 6.05. The number of fused-ring (bicyclic) bond motifs is 1. The smallest absolute Gasteiger partial charge is 0.152 e. The van der Waals surface area contributed by atoms with Crippen LogP contribution in [0.25, 0.3) is 22.2 Å². The number of carbonyl (C=O) groups is 1. The minimum atomic E-state index is -0.378. The summed E-state index contributed by atoms with van der Waals surface area (Å²) in [5.41, 5.74) is 3.57. The predicted molar refractivity (Wildman–Crippen MR) is 94.3 cm³/mol. The van der Waals surface area contributed by atoms with Crippen LogP contribution in [0, 0.1) is 5.82 Å².